The highest BCUT2D eigenvalue weighted by molar-refractivity contribution is 6.11. The van der Waals surface area contributed by atoms with Crippen LogP contribution in [0.4, 0.5) is 0 Å². The summed E-state index contributed by atoms with van der Waals surface area (Å²) in [7, 11) is 0. The molecule has 132 valence electrons. The molecule has 0 fully saturated rings. The number of rotatable bonds is 1. The Morgan fingerprint density at radius 2 is 1.52 bits per heavy atom. The zero-order valence-corrected chi connectivity index (χ0v) is 15.4. The van der Waals surface area contributed by atoms with Gasteiger partial charge in [0.25, 0.3) is 0 Å². The molecule has 0 amide bonds. The van der Waals surface area contributed by atoms with Gasteiger partial charge in [-0.05, 0) is 45.0 Å². The number of hydrogen-bond donors (Lipinski definition) is 0. The summed E-state index contributed by atoms with van der Waals surface area (Å²) in [5, 5.41) is 4.69. The predicted octanol–water partition coefficient (Wildman–Crippen LogP) is 4.26. The lowest BCUT2D eigenvalue weighted by Crippen LogP contribution is -2.36. The van der Waals surface area contributed by atoms with E-state index in [0.717, 1.165) is 39.4 Å². The van der Waals surface area contributed by atoms with E-state index in [2.05, 4.69) is 5.10 Å². The normalized spacial score (nSPS) is 14.9. The van der Waals surface area contributed by atoms with Crippen LogP contribution in [0.3, 0.4) is 0 Å². The van der Waals surface area contributed by atoms with Gasteiger partial charge in [-0.2, -0.15) is 5.10 Å². The maximum atomic E-state index is 13.5. The Balaban J connectivity index is 1.89. The van der Waals surface area contributed by atoms with Gasteiger partial charge in [-0.15, -0.1) is 0 Å². The summed E-state index contributed by atoms with van der Waals surface area (Å²) < 4.78 is 1.74. The first-order chi connectivity index (χ1) is 13.0. The Hall–Kier alpha value is -3.34. The Morgan fingerprint density at radius 1 is 0.889 bits per heavy atom. The largest absolute Gasteiger partial charge is 0.291 e. The molecule has 0 saturated heterocycles. The molecule has 5 heteroatoms. The van der Waals surface area contributed by atoms with Gasteiger partial charge < -0.3 is 0 Å². The molecule has 0 saturated carbocycles. The monoisotopic (exact) mass is 354 g/mol. The van der Waals surface area contributed by atoms with Crippen LogP contribution in [-0.2, 0) is 5.41 Å². The molecule has 1 aliphatic rings. The minimum absolute atomic E-state index is 0.0130. The molecule has 0 N–H and O–H groups in total. The van der Waals surface area contributed by atoms with Crippen molar-refractivity contribution < 1.29 is 4.79 Å². The van der Waals surface area contributed by atoms with Crippen LogP contribution in [0.2, 0.25) is 0 Å². The van der Waals surface area contributed by atoms with E-state index in [4.69, 9.17) is 9.97 Å². The average Bonchev–Trinajstić information content (AvgIpc) is 3.03. The van der Waals surface area contributed by atoms with Gasteiger partial charge in [-0.1, -0.05) is 30.3 Å². The first-order valence-electron chi connectivity index (χ1n) is 8.96. The van der Waals surface area contributed by atoms with Crippen LogP contribution in [0.15, 0.2) is 54.6 Å². The van der Waals surface area contributed by atoms with Crippen molar-refractivity contribution in [2.75, 3.05) is 0 Å². The van der Waals surface area contributed by atoms with Crippen LogP contribution >= 0.6 is 0 Å². The Bertz CT molecular complexity index is 1220. The summed E-state index contributed by atoms with van der Waals surface area (Å²) in [6.07, 6.45) is 0. The topological polar surface area (TPSA) is 60.7 Å². The fourth-order valence-electron chi connectivity index (χ4n) is 3.79. The second-order valence-electron chi connectivity index (χ2n) is 7.42. The average molecular weight is 354 g/mol. The van der Waals surface area contributed by atoms with Crippen LogP contribution < -0.4 is 0 Å². The molecule has 5 nitrogen and oxygen atoms in total. The van der Waals surface area contributed by atoms with Crippen LogP contribution in [0.5, 0.6) is 0 Å². The van der Waals surface area contributed by atoms with Gasteiger partial charge in [-0.25, -0.2) is 14.6 Å². The zero-order valence-electron chi connectivity index (χ0n) is 15.4. The van der Waals surface area contributed by atoms with Crippen LogP contribution in [0, 0.1) is 6.92 Å². The molecule has 4 aromatic rings. The molecular formula is C22H18N4O. The Morgan fingerprint density at radius 3 is 2.22 bits per heavy atom. The molecule has 0 bridgehead atoms. The van der Waals surface area contributed by atoms with Crippen LogP contribution in [-0.4, -0.2) is 25.5 Å². The molecular weight excluding hydrogens is 336 g/mol. The van der Waals surface area contributed by atoms with Gasteiger partial charge in [0.15, 0.2) is 5.78 Å². The van der Waals surface area contributed by atoms with E-state index in [1.807, 2.05) is 75.4 Å². The molecule has 0 radical (unpaired) electrons. The summed E-state index contributed by atoms with van der Waals surface area (Å²) in [5.41, 5.74) is 5.33. The Labute approximate surface area is 156 Å². The second kappa shape index (κ2) is 5.33. The molecule has 2 aromatic carbocycles. The first kappa shape index (κ1) is 15.9. The first-order valence-corrected chi connectivity index (χ1v) is 8.96. The maximum Gasteiger partial charge on any atom is 0.193 e. The SMILES string of the molecule is Cc1nn(-c2ccccc2)c2c1-c1nc3ccccc3nc1C(C)(C)C2=O. The summed E-state index contributed by atoms with van der Waals surface area (Å²) in [5.74, 6) is 0.0130. The third-order valence-electron chi connectivity index (χ3n) is 5.24. The number of aryl methyl sites for hydroxylation is 1. The highest BCUT2D eigenvalue weighted by Crippen LogP contribution is 2.43. The summed E-state index contributed by atoms with van der Waals surface area (Å²) in [4.78, 5) is 23.2. The zero-order chi connectivity index (χ0) is 18.8. The van der Waals surface area contributed by atoms with Crippen molar-refractivity contribution in [1.82, 2.24) is 19.7 Å². The molecule has 2 aromatic heterocycles. The van der Waals surface area contributed by atoms with Crippen molar-refractivity contribution in [3.63, 3.8) is 0 Å². The number of para-hydroxylation sites is 3. The summed E-state index contributed by atoms with van der Waals surface area (Å²) >= 11 is 0. The van der Waals surface area contributed by atoms with Gasteiger partial charge in [0.2, 0.25) is 0 Å². The standard InChI is InChI=1S/C22H18N4O/c1-13-17-18-20(24-16-12-8-7-11-15(16)23-18)22(2,3)21(27)19(17)26(25-13)14-9-5-4-6-10-14/h4-12H,1-3H3. The van der Waals surface area contributed by atoms with Crippen molar-refractivity contribution in [1.29, 1.82) is 0 Å². The van der Waals surface area contributed by atoms with Crippen molar-refractivity contribution in [3.8, 4) is 16.9 Å². The lowest BCUT2D eigenvalue weighted by Gasteiger charge is -2.30. The molecule has 1 aliphatic carbocycles. The van der Waals surface area contributed by atoms with Crippen molar-refractivity contribution in [2.24, 2.45) is 0 Å². The quantitative estimate of drug-likeness (QED) is 0.512. The molecule has 5 rings (SSSR count). The smallest absolute Gasteiger partial charge is 0.193 e. The highest BCUT2D eigenvalue weighted by atomic mass is 16.1. The van der Waals surface area contributed by atoms with Crippen molar-refractivity contribution in [3.05, 3.63) is 71.7 Å². The highest BCUT2D eigenvalue weighted by Gasteiger charge is 2.45. The van der Waals surface area contributed by atoms with E-state index in [0.29, 0.717) is 5.69 Å². The molecule has 0 spiro atoms. The molecule has 0 unspecified atom stereocenters. The molecule has 0 atom stereocenters. The van der Waals surface area contributed by atoms with Gasteiger partial charge in [0.1, 0.15) is 5.69 Å². The van der Waals surface area contributed by atoms with E-state index in [1.54, 1.807) is 4.68 Å². The molecule has 27 heavy (non-hydrogen) atoms. The summed E-state index contributed by atoms with van der Waals surface area (Å²) in [6.45, 7) is 5.75. The number of benzene rings is 2. The van der Waals surface area contributed by atoms with Crippen molar-refractivity contribution in [2.45, 2.75) is 26.2 Å². The minimum atomic E-state index is -0.779. The number of fused-ring (bicyclic) bond motifs is 4. The fraction of sp³-hybridized carbons (Fsp3) is 0.182. The van der Waals surface area contributed by atoms with E-state index in [-0.39, 0.29) is 5.78 Å². The number of carbonyl (C=O) groups excluding carboxylic acids is 1. The van der Waals surface area contributed by atoms with Gasteiger partial charge in [0.05, 0.1) is 44.8 Å². The van der Waals surface area contributed by atoms with Gasteiger partial charge >= 0.3 is 0 Å². The van der Waals surface area contributed by atoms with Crippen LogP contribution in [0.25, 0.3) is 28.0 Å². The van der Waals surface area contributed by atoms with Gasteiger partial charge in [-0.3, -0.25) is 4.79 Å². The predicted molar refractivity (Wildman–Crippen MR) is 104 cm³/mol. The third kappa shape index (κ3) is 2.11. The van der Waals surface area contributed by atoms with Crippen LogP contribution in [0.1, 0.15) is 35.7 Å². The number of hydrogen-bond acceptors (Lipinski definition) is 4. The second-order valence-corrected chi connectivity index (χ2v) is 7.42. The number of nitrogens with zero attached hydrogens (tertiary/aromatic N) is 4. The van der Waals surface area contributed by atoms with E-state index in [9.17, 15) is 4.79 Å². The Kier molecular flexibility index (Phi) is 3.13. The molecule has 2 heterocycles. The lowest BCUT2D eigenvalue weighted by atomic mass is 9.75. The molecule has 0 aliphatic heterocycles. The van der Waals surface area contributed by atoms with E-state index in [1.165, 1.54) is 0 Å². The van der Waals surface area contributed by atoms with E-state index >= 15 is 0 Å². The van der Waals surface area contributed by atoms with Gasteiger partial charge in [0, 0.05) is 0 Å². The number of aromatic nitrogens is 4. The lowest BCUT2D eigenvalue weighted by molar-refractivity contribution is 0.0895. The minimum Gasteiger partial charge on any atom is -0.291 e. The maximum absolute atomic E-state index is 13.5. The number of ketones is 1. The fourth-order valence-corrected chi connectivity index (χ4v) is 3.79. The van der Waals surface area contributed by atoms with Crippen molar-refractivity contribution >= 4 is 16.8 Å². The van der Waals surface area contributed by atoms with E-state index < -0.39 is 5.41 Å². The number of Topliss-reactive ketones (excluding diaryl/α,β-unsaturated/α-hetero) is 1. The number of carbonyl (C=O) groups is 1. The third-order valence-corrected chi connectivity index (χ3v) is 5.24. The summed E-state index contributed by atoms with van der Waals surface area (Å²) in [6, 6.07) is 17.5.